The number of benzene rings is 2. The van der Waals surface area contributed by atoms with Crippen molar-refractivity contribution in [3.63, 3.8) is 0 Å². The van der Waals surface area contributed by atoms with Gasteiger partial charge in [0.1, 0.15) is 0 Å². The first kappa shape index (κ1) is 25.1. The van der Waals surface area contributed by atoms with E-state index in [2.05, 4.69) is 25.5 Å². The van der Waals surface area contributed by atoms with Crippen LogP contribution in [0.1, 0.15) is 30.3 Å². The Morgan fingerprint density at radius 2 is 1.74 bits per heavy atom. The SMILES string of the molecule is OC(Nc1ccc(-c2ccccc2)nc1)c1[nH]nc2ccc(-c3cncc(CN4CCC(F)(F)CC4)c3)cc12. The number of aliphatic hydroxyl groups is 1. The molecular weight excluding hydrogens is 498 g/mol. The molecule has 2 aromatic carbocycles. The molecule has 3 aromatic heterocycles. The number of likely N-dealkylation sites (tertiary alicyclic amines) is 1. The molecule has 1 fully saturated rings. The summed E-state index contributed by atoms with van der Waals surface area (Å²) in [7, 11) is 0. The van der Waals surface area contributed by atoms with Crippen LogP contribution in [0.25, 0.3) is 33.3 Å². The highest BCUT2D eigenvalue weighted by Crippen LogP contribution is 2.31. The third kappa shape index (κ3) is 5.64. The summed E-state index contributed by atoms with van der Waals surface area (Å²) in [4.78, 5) is 10.9. The first-order valence-corrected chi connectivity index (χ1v) is 12.9. The number of pyridine rings is 2. The molecule has 198 valence electrons. The van der Waals surface area contributed by atoms with Gasteiger partial charge in [-0.1, -0.05) is 36.4 Å². The quantitative estimate of drug-likeness (QED) is 0.225. The van der Waals surface area contributed by atoms with Crippen LogP contribution in [0.5, 0.6) is 0 Å². The first-order chi connectivity index (χ1) is 18.9. The summed E-state index contributed by atoms with van der Waals surface area (Å²) in [5.74, 6) is -2.56. The molecule has 7 nitrogen and oxygen atoms in total. The van der Waals surface area contributed by atoms with Crippen molar-refractivity contribution < 1.29 is 13.9 Å². The predicted octanol–water partition coefficient (Wildman–Crippen LogP) is 6.02. The minimum Gasteiger partial charge on any atom is -0.368 e. The topological polar surface area (TPSA) is 90.0 Å². The van der Waals surface area contributed by atoms with Crippen LogP contribution in [0.2, 0.25) is 0 Å². The highest BCUT2D eigenvalue weighted by molar-refractivity contribution is 5.87. The van der Waals surface area contributed by atoms with Crippen molar-refractivity contribution in [3.05, 3.63) is 96.6 Å². The molecule has 1 saturated heterocycles. The van der Waals surface area contributed by atoms with E-state index >= 15 is 0 Å². The maximum Gasteiger partial charge on any atom is 0.250 e. The van der Waals surface area contributed by atoms with Gasteiger partial charge in [0.2, 0.25) is 0 Å². The second-order valence-corrected chi connectivity index (χ2v) is 9.93. The van der Waals surface area contributed by atoms with Crippen molar-refractivity contribution in [2.24, 2.45) is 0 Å². The number of hydrogen-bond donors (Lipinski definition) is 3. The molecule has 4 heterocycles. The number of halogens is 2. The van der Waals surface area contributed by atoms with Gasteiger partial charge in [-0.25, -0.2) is 8.78 Å². The normalized spacial score (nSPS) is 16.3. The molecule has 39 heavy (non-hydrogen) atoms. The average molecular weight is 527 g/mol. The van der Waals surface area contributed by atoms with E-state index in [9.17, 15) is 13.9 Å². The lowest BCUT2D eigenvalue weighted by molar-refractivity contribution is -0.0566. The van der Waals surface area contributed by atoms with Crippen LogP contribution in [0, 0.1) is 0 Å². The van der Waals surface area contributed by atoms with Crippen LogP contribution in [-0.2, 0) is 6.54 Å². The summed E-state index contributed by atoms with van der Waals surface area (Å²) in [6.07, 6.45) is 4.01. The molecule has 0 bridgehead atoms. The van der Waals surface area contributed by atoms with Gasteiger partial charge in [0.25, 0.3) is 5.92 Å². The van der Waals surface area contributed by atoms with E-state index in [4.69, 9.17) is 0 Å². The van der Waals surface area contributed by atoms with E-state index in [-0.39, 0.29) is 12.8 Å². The standard InChI is InChI=1S/C30H28F2N6O/c31-30(32)10-12-38(13-11-30)19-20-14-23(17-33-16-20)22-6-8-27-25(15-22)28(37-36-27)29(39)35-24-7-9-26(34-18-24)21-4-2-1-3-5-21/h1-9,14-18,29,35,39H,10-13,19H2,(H,36,37). The Morgan fingerprint density at radius 1 is 0.923 bits per heavy atom. The second-order valence-electron chi connectivity index (χ2n) is 9.93. The van der Waals surface area contributed by atoms with Crippen molar-refractivity contribution in [3.8, 4) is 22.4 Å². The lowest BCUT2D eigenvalue weighted by Gasteiger charge is -2.31. The fourth-order valence-electron chi connectivity index (χ4n) is 4.94. The van der Waals surface area contributed by atoms with E-state index < -0.39 is 12.2 Å². The van der Waals surface area contributed by atoms with Crippen molar-refractivity contribution in [1.82, 2.24) is 25.1 Å². The number of H-pyrrole nitrogens is 1. The molecule has 9 heteroatoms. The summed E-state index contributed by atoms with van der Waals surface area (Å²) in [5.41, 5.74) is 6.61. The summed E-state index contributed by atoms with van der Waals surface area (Å²) in [5, 5.41) is 22.2. The van der Waals surface area contributed by atoms with E-state index in [1.165, 1.54) is 0 Å². The van der Waals surface area contributed by atoms with Crippen LogP contribution in [0.15, 0.2) is 85.3 Å². The van der Waals surface area contributed by atoms with Crippen LogP contribution < -0.4 is 5.32 Å². The largest absolute Gasteiger partial charge is 0.368 e. The molecule has 1 unspecified atom stereocenters. The Morgan fingerprint density at radius 3 is 2.51 bits per heavy atom. The van der Waals surface area contributed by atoms with Crippen molar-refractivity contribution >= 4 is 16.6 Å². The number of piperidine rings is 1. The summed E-state index contributed by atoms with van der Waals surface area (Å²) in [6, 6.07) is 21.5. The summed E-state index contributed by atoms with van der Waals surface area (Å²) < 4.78 is 27.0. The van der Waals surface area contributed by atoms with E-state index in [1.807, 2.05) is 71.6 Å². The number of rotatable bonds is 7. The van der Waals surface area contributed by atoms with Crippen molar-refractivity contribution in [1.29, 1.82) is 0 Å². The molecule has 0 saturated carbocycles. The molecule has 5 aromatic rings. The molecule has 0 spiro atoms. The molecular formula is C30H28F2N6O. The first-order valence-electron chi connectivity index (χ1n) is 12.9. The Bertz CT molecular complexity index is 1560. The minimum atomic E-state index is -2.56. The predicted molar refractivity (Wildman–Crippen MR) is 147 cm³/mol. The minimum absolute atomic E-state index is 0.107. The fourth-order valence-corrected chi connectivity index (χ4v) is 4.94. The van der Waals surface area contributed by atoms with Gasteiger partial charge in [-0.15, -0.1) is 0 Å². The van der Waals surface area contributed by atoms with E-state index in [0.29, 0.717) is 31.0 Å². The van der Waals surface area contributed by atoms with Gasteiger partial charge < -0.3 is 10.4 Å². The number of hydrogen-bond acceptors (Lipinski definition) is 6. The number of nitrogens with zero attached hydrogens (tertiary/aromatic N) is 4. The third-order valence-corrected chi connectivity index (χ3v) is 7.12. The van der Waals surface area contributed by atoms with Gasteiger partial charge in [-0.2, -0.15) is 5.10 Å². The molecule has 0 aliphatic carbocycles. The zero-order valence-electron chi connectivity index (χ0n) is 21.2. The van der Waals surface area contributed by atoms with E-state index in [1.54, 1.807) is 18.6 Å². The third-order valence-electron chi connectivity index (χ3n) is 7.12. The fraction of sp³-hybridized carbons (Fsp3) is 0.233. The Balaban J connectivity index is 1.19. The summed E-state index contributed by atoms with van der Waals surface area (Å²) in [6.45, 7) is 1.32. The maximum absolute atomic E-state index is 13.5. The number of alkyl halides is 2. The maximum atomic E-state index is 13.5. The Labute approximate surface area is 224 Å². The van der Waals surface area contributed by atoms with Gasteiger partial charge in [-0.3, -0.25) is 20.0 Å². The molecule has 6 rings (SSSR count). The Kier molecular flexibility index (Phi) is 6.76. The van der Waals surface area contributed by atoms with Crippen LogP contribution in [0.3, 0.4) is 0 Å². The number of aromatic nitrogens is 4. The zero-order chi connectivity index (χ0) is 26.8. The lowest BCUT2D eigenvalue weighted by atomic mass is 10.0. The lowest BCUT2D eigenvalue weighted by Crippen LogP contribution is -2.38. The van der Waals surface area contributed by atoms with Gasteiger partial charge in [0.05, 0.1) is 28.8 Å². The highest BCUT2D eigenvalue weighted by atomic mass is 19.3. The van der Waals surface area contributed by atoms with Crippen molar-refractivity contribution in [2.45, 2.75) is 31.5 Å². The van der Waals surface area contributed by atoms with Crippen LogP contribution in [0.4, 0.5) is 14.5 Å². The summed E-state index contributed by atoms with van der Waals surface area (Å²) >= 11 is 0. The van der Waals surface area contributed by atoms with Gasteiger partial charge in [-0.05, 0) is 41.5 Å². The number of aromatic amines is 1. The number of aliphatic hydroxyl groups excluding tert-OH is 1. The van der Waals surface area contributed by atoms with Gasteiger partial charge >= 0.3 is 0 Å². The Hall–Kier alpha value is -4.21. The number of nitrogens with one attached hydrogen (secondary N) is 2. The molecule has 1 aliphatic rings. The van der Waals surface area contributed by atoms with E-state index in [0.717, 1.165) is 38.9 Å². The molecule has 0 amide bonds. The zero-order valence-corrected chi connectivity index (χ0v) is 21.2. The van der Waals surface area contributed by atoms with Crippen LogP contribution in [-0.4, -0.2) is 49.2 Å². The monoisotopic (exact) mass is 526 g/mol. The highest BCUT2D eigenvalue weighted by Gasteiger charge is 2.33. The smallest absolute Gasteiger partial charge is 0.250 e. The van der Waals surface area contributed by atoms with Crippen molar-refractivity contribution in [2.75, 3.05) is 18.4 Å². The molecule has 1 aliphatic heterocycles. The molecule has 1 atom stereocenters. The molecule has 3 N–H and O–H groups in total. The average Bonchev–Trinajstić information content (AvgIpc) is 3.39. The second kappa shape index (κ2) is 10.5. The van der Waals surface area contributed by atoms with Gasteiger partial charge in [0.15, 0.2) is 6.23 Å². The molecule has 0 radical (unpaired) electrons. The number of fused-ring (bicyclic) bond motifs is 1. The van der Waals surface area contributed by atoms with Crippen LogP contribution >= 0.6 is 0 Å². The number of anilines is 1. The van der Waals surface area contributed by atoms with Gasteiger partial charge in [0, 0.05) is 61.4 Å².